The number of carboxylic acids is 1. The summed E-state index contributed by atoms with van der Waals surface area (Å²) >= 11 is 0. The Labute approximate surface area is 115 Å². The van der Waals surface area contributed by atoms with Gasteiger partial charge in [0.15, 0.2) is 5.65 Å². The van der Waals surface area contributed by atoms with E-state index in [0.29, 0.717) is 17.4 Å². The fourth-order valence-corrected chi connectivity index (χ4v) is 2.70. The first kappa shape index (κ1) is 12.7. The number of nitrogens with two attached hydrogens (primary N) is 1. The zero-order valence-corrected chi connectivity index (χ0v) is 11.0. The molecule has 0 bridgehead atoms. The van der Waals surface area contributed by atoms with Gasteiger partial charge in [-0.25, -0.2) is 9.31 Å². The molecule has 2 aromatic rings. The maximum atomic E-state index is 11.4. The highest BCUT2D eigenvalue weighted by atomic mass is 16.4. The molecule has 0 aliphatic heterocycles. The molecule has 0 spiro atoms. The van der Waals surface area contributed by atoms with Crippen molar-refractivity contribution in [2.24, 2.45) is 0 Å². The number of aromatic nitrogens is 3. The minimum Gasteiger partial charge on any atom is -0.478 e. The van der Waals surface area contributed by atoms with E-state index in [2.05, 4.69) is 15.4 Å². The molecule has 1 fully saturated rings. The third kappa shape index (κ3) is 2.38. The third-order valence-corrected chi connectivity index (χ3v) is 3.68. The molecule has 0 saturated heterocycles. The van der Waals surface area contributed by atoms with Gasteiger partial charge in [0.1, 0.15) is 0 Å². The number of anilines is 2. The highest BCUT2D eigenvalue weighted by molar-refractivity contribution is 5.95. The summed E-state index contributed by atoms with van der Waals surface area (Å²) in [6.07, 6.45) is 7.39. The average Bonchev–Trinajstić information content (AvgIpc) is 2.78. The molecule has 1 aliphatic carbocycles. The number of hydrogen-bond donors (Lipinski definition) is 3. The van der Waals surface area contributed by atoms with Crippen LogP contribution in [0.15, 0.2) is 12.3 Å². The summed E-state index contributed by atoms with van der Waals surface area (Å²) in [5.74, 6) is -0.844. The molecule has 20 heavy (non-hydrogen) atoms. The van der Waals surface area contributed by atoms with Crippen molar-refractivity contribution >= 4 is 23.3 Å². The lowest BCUT2D eigenvalue weighted by Gasteiger charge is -2.24. The summed E-state index contributed by atoms with van der Waals surface area (Å²) in [6.45, 7) is 0. The quantitative estimate of drug-likeness (QED) is 0.788. The number of pyridine rings is 1. The topological polar surface area (TPSA) is 106 Å². The molecule has 0 radical (unpaired) electrons. The minimum atomic E-state index is -0.979. The Bertz CT molecular complexity index is 645. The highest BCUT2D eigenvalue weighted by Crippen LogP contribution is 2.24. The predicted octanol–water partition coefficient (Wildman–Crippen LogP) is 1.75. The summed E-state index contributed by atoms with van der Waals surface area (Å²) in [5.41, 5.74) is 6.75. The van der Waals surface area contributed by atoms with Gasteiger partial charge in [-0.05, 0) is 18.9 Å². The Morgan fingerprint density at radius 2 is 2.15 bits per heavy atom. The smallest absolute Gasteiger partial charge is 0.337 e. The molecule has 0 aromatic carbocycles. The van der Waals surface area contributed by atoms with Crippen LogP contribution in [0.4, 0.5) is 11.6 Å². The van der Waals surface area contributed by atoms with E-state index in [-0.39, 0.29) is 11.5 Å². The van der Waals surface area contributed by atoms with Gasteiger partial charge >= 0.3 is 5.97 Å². The number of carbonyl (C=O) groups is 1. The minimum absolute atomic E-state index is 0.135. The lowest BCUT2D eigenvalue weighted by molar-refractivity contribution is 0.0698. The Hall–Kier alpha value is -2.31. The molecule has 2 heterocycles. The molecule has 1 aliphatic rings. The second kappa shape index (κ2) is 4.99. The van der Waals surface area contributed by atoms with Crippen LogP contribution >= 0.6 is 0 Å². The molecule has 7 heteroatoms. The number of carboxylic acid groups (broad SMARTS) is 1. The van der Waals surface area contributed by atoms with Gasteiger partial charge in [0.05, 0.1) is 17.4 Å². The summed E-state index contributed by atoms with van der Waals surface area (Å²) < 4.78 is 1.51. The number of aromatic carboxylic acids is 1. The standard InChI is InChI=1S/C13H17N5O2/c14-13-16-11-6-9(12(19)20)10(7-18(11)17-13)15-8-4-2-1-3-5-8/h6-8,15H,1-5H2,(H2,14,17)(H,19,20). The van der Waals surface area contributed by atoms with E-state index in [1.54, 1.807) is 6.20 Å². The molecule has 1 saturated carbocycles. The maximum absolute atomic E-state index is 11.4. The van der Waals surface area contributed by atoms with Crippen molar-refractivity contribution in [1.29, 1.82) is 0 Å². The van der Waals surface area contributed by atoms with Crippen LogP contribution < -0.4 is 11.1 Å². The normalized spacial score (nSPS) is 16.4. The fraction of sp³-hybridized carbons (Fsp3) is 0.462. The predicted molar refractivity (Wildman–Crippen MR) is 74.9 cm³/mol. The summed E-state index contributed by atoms with van der Waals surface area (Å²) in [5, 5.41) is 16.7. The second-order valence-corrected chi connectivity index (χ2v) is 5.16. The van der Waals surface area contributed by atoms with Gasteiger partial charge in [0, 0.05) is 6.04 Å². The summed E-state index contributed by atoms with van der Waals surface area (Å²) in [7, 11) is 0. The van der Waals surface area contributed by atoms with Crippen LogP contribution in [0.5, 0.6) is 0 Å². The van der Waals surface area contributed by atoms with E-state index in [9.17, 15) is 9.90 Å². The molecular weight excluding hydrogens is 258 g/mol. The first-order chi connectivity index (χ1) is 9.63. The van der Waals surface area contributed by atoms with Gasteiger partial charge in [-0.2, -0.15) is 4.98 Å². The van der Waals surface area contributed by atoms with Gasteiger partial charge in [0.2, 0.25) is 5.95 Å². The maximum Gasteiger partial charge on any atom is 0.337 e. The Balaban J connectivity index is 1.97. The molecule has 0 atom stereocenters. The van der Waals surface area contributed by atoms with Gasteiger partial charge in [-0.15, -0.1) is 5.10 Å². The van der Waals surface area contributed by atoms with Crippen LogP contribution in [-0.4, -0.2) is 31.7 Å². The SMILES string of the molecule is Nc1nc2cc(C(=O)O)c(NC3CCCCC3)cn2n1. The summed E-state index contributed by atoms with van der Waals surface area (Å²) in [6, 6.07) is 1.82. The molecular formula is C13H17N5O2. The van der Waals surface area contributed by atoms with Gasteiger partial charge in [0.25, 0.3) is 0 Å². The molecule has 2 aromatic heterocycles. The lowest BCUT2D eigenvalue weighted by atomic mass is 9.95. The van der Waals surface area contributed by atoms with Gasteiger partial charge < -0.3 is 16.2 Å². The van der Waals surface area contributed by atoms with Crippen molar-refractivity contribution in [2.75, 3.05) is 11.1 Å². The Morgan fingerprint density at radius 1 is 1.40 bits per heavy atom. The average molecular weight is 275 g/mol. The van der Waals surface area contributed by atoms with Crippen LogP contribution in [0.3, 0.4) is 0 Å². The largest absolute Gasteiger partial charge is 0.478 e. The molecule has 106 valence electrons. The van der Waals surface area contributed by atoms with E-state index >= 15 is 0 Å². The Morgan fingerprint density at radius 3 is 2.85 bits per heavy atom. The first-order valence-corrected chi connectivity index (χ1v) is 6.79. The number of fused-ring (bicyclic) bond motifs is 1. The molecule has 3 rings (SSSR count). The van der Waals surface area contributed by atoms with E-state index in [1.165, 1.54) is 29.8 Å². The lowest BCUT2D eigenvalue weighted by Crippen LogP contribution is -2.23. The molecule has 7 nitrogen and oxygen atoms in total. The number of nitrogens with one attached hydrogen (secondary N) is 1. The monoisotopic (exact) mass is 275 g/mol. The zero-order chi connectivity index (χ0) is 14.1. The van der Waals surface area contributed by atoms with Crippen molar-refractivity contribution in [3.63, 3.8) is 0 Å². The second-order valence-electron chi connectivity index (χ2n) is 5.16. The van der Waals surface area contributed by atoms with Crippen LogP contribution in [0, 0.1) is 0 Å². The molecule has 0 amide bonds. The Kier molecular flexibility index (Phi) is 3.17. The van der Waals surface area contributed by atoms with Gasteiger partial charge in [-0.1, -0.05) is 19.3 Å². The fourth-order valence-electron chi connectivity index (χ4n) is 2.70. The van der Waals surface area contributed by atoms with Gasteiger partial charge in [-0.3, -0.25) is 0 Å². The van der Waals surface area contributed by atoms with Crippen molar-refractivity contribution in [2.45, 2.75) is 38.1 Å². The van der Waals surface area contributed by atoms with Crippen LogP contribution in [0.1, 0.15) is 42.5 Å². The van der Waals surface area contributed by atoms with Crippen molar-refractivity contribution in [3.8, 4) is 0 Å². The van der Waals surface area contributed by atoms with Crippen molar-refractivity contribution in [1.82, 2.24) is 14.6 Å². The number of hydrogen-bond acceptors (Lipinski definition) is 5. The molecule has 0 unspecified atom stereocenters. The van der Waals surface area contributed by atoms with E-state index < -0.39 is 5.97 Å². The van der Waals surface area contributed by atoms with Crippen LogP contribution in [-0.2, 0) is 0 Å². The third-order valence-electron chi connectivity index (χ3n) is 3.68. The number of rotatable bonds is 3. The van der Waals surface area contributed by atoms with Crippen LogP contribution in [0.2, 0.25) is 0 Å². The van der Waals surface area contributed by atoms with Crippen LogP contribution in [0.25, 0.3) is 5.65 Å². The number of nitrogens with zero attached hydrogens (tertiary/aromatic N) is 3. The van der Waals surface area contributed by atoms with E-state index in [0.717, 1.165) is 12.8 Å². The molecule has 4 N–H and O–H groups in total. The zero-order valence-electron chi connectivity index (χ0n) is 11.0. The van der Waals surface area contributed by atoms with Crippen molar-refractivity contribution in [3.05, 3.63) is 17.8 Å². The number of nitrogen functional groups attached to an aromatic ring is 1. The highest BCUT2D eigenvalue weighted by Gasteiger charge is 2.18. The first-order valence-electron chi connectivity index (χ1n) is 6.79. The summed E-state index contributed by atoms with van der Waals surface area (Å²) in [4.78, 5) is 15.4. The van der Waals surface area contributed by atoms with Crippen molar-refractivity contribution < 1.29 is 9.90 Å². The van der Waals surface area contributed by atoms with E-state index in [4.69, 9.17) is 5.73 Å². The van der Waals surface area contributed by atoms with E-state index in [1.807, 2.05) is 0 Å².